The normalized spacial score (nSPS) is 23.9. The summed E-state index contributed by atoms with van der Waals surface area (Å²) in [7, 11) is 0. The van der Waals surface area contributed by atoms with Crippen molar-refractivity contribution in [2.45, 2.75) is 31.8 Å². The van der Waals surface area contributed by atoms with Crippen molar-refractivity contribution in [3.8, 4) is 5.95 Å². The lowest BCUT2D eigenvalue weighted by atomic mass is 10.0. The molecule has 9 nitrogen and oxygen atoms in total. The zero-order valence-electron chi connectivity index (χ0n) is 14.8. The molecule has 2 fully saturated rings. The number of likely N-dealkylation sites (tertiary alicyclic amines) is 1. The lowest BCUT2D eigenvalue weighted by molar-refractivity contribution is -0.130. The fourth-order valence-corrected chi connectivity index (χ4v) is 4.34. The molecule has 1 aliphatic heterocycles. The zero-order valence-corrected chi connectivity index (χ0v) is 14.8. The van der Waals surface area contributed by atoms with Gasteiger partial charge in [0, 0.05) is 44.1 Å². The first kappa shape index (κ1) is 16.0. The van der Waals surface area contributed by atoms with Gasteiger partial charge in [0.25, 0.3) is 5.91 Å². The molecule has 3 atom stereocenters. The highest BCUT2D eigenvalue weighted by atomic mass is 16.2. The quantitative estimate of drug-likeness (QED) is 0.716. The second-order valence-corrected chi connectivity index (χ2v) is 7.22. The van der Waals surface area contributed by atoms with E-state index in [4.69, 9.17) is 0 Å². The van der Waals surface area contributed by atoms with Gasteiger partial charge < -0.3 is 15.2 Å². The average molecular weight is 365 g/mol. The Morgan fingerprint density at radius 3 is 2.89 bits per heavy atom. The summed E-state index contributed by atoms with van der Waals surface area (Å²) in [4.78, 5) is 42.6. The number of carbonyl (C=O) groups excluding carboxylic acids is 2. The summed E-state index contributed by atoms with van der Waals surface area (Å²) >= 11 is 0. The smallest absolute Gasteiger partial charge is 0.272 e. The number of aromatic amines is 1. The first-order valence-corrected chi connectivity index (χ1v) is 9.01. The number of hydrogen-bond donors (Lipinski definition) is 2. The third-order valence-electron chi connectivity index (χ3n) is 5.61. The van der Waals surface area contributed by atoms with Crippen molar-refractivity contribution >= 4 is 22.8 Å². The SMILES string of the molecule is CC(=O)N1CC2CC1CC2NC(=O)c1nc(-n2ccnc2)nc2cc[nH]c12. The van der Waals surface area contributed by atoms with Gasteiger partial charge in [0.05, 0.1) is 11.0 Å². The highest BCUT2D eigenvalue weighted by Crippen LogP contribution is 2.38. The van der Waals surface area contributed by atoms with E-state index < -0.39 is 0 Å². The highest BCUT2D eigenvalue weighted by Gasteiger charge is 2.46. The Morgan fingerprint density at radius 2 is 2.19 bits per heavy atom. The molecule has 1 aliphatic carbocycles. The molecule has 5 rings (SSSR count). The molecule has 27 heavy (non-hydrogen) atoms. The maximum absolute atomic E-state index is 13.0. The van der Waals surface area contributed by atoms with E-state index in [1.165, 1.54) is 0 Å². The number of aromatic nitrogens is 5. The van der Waals surface area contributed by atoms with Crippen LogP contribution >= 0.6 is 0 Å². The summed E-state index contributed by atoms with van der Waals surface area (Å²) in [6, 6.07) is 2.11. The molecule has 1 saturated carbocycles. The first-order chi connectivity index (χ1) is 13.1. The number of nitrogens with one attached hydrogen (secondary N) is 2. The Morgan fingerprint density at radius 1 is 1.30 bits per heavy atom. The van der Waals surface area contributed by atoms with E-state index in [1.807, 2.05) is 11.0 Å². The van der Waals surface area contributed by atoms with Crippen molar-refractivity contribution in [3.05, 3.63) is 36.7 Å². The third-order valence-corrected chi connectivity index (χ3v) is 5.61. The second-order valence-electron chi connectivity index (χ2n) is 7.22. The van der Waals surface area contributed by atoms with Crippen LogP contribution in [0.15, 0.2) is 31.0 Å². The summed E-state index contributed by atoms with van der Waals surface area (Å²) in [5.41, 5.74) is 1.61. The van der Waals surface area contributed by atoms with E-state index in [0.29, 0.717) is 35.1 Å². The van der Waals surface area contributed by atoms with Crippen molar-refractivity contribution in [1.82, 2.24) is 34.7 Å². The van der Waals surface area contributed by atoms with Crippen LogP contribution in [0, 0.1) is 5.92 Å². The van der Waals surface area contributed by atoms with Crippen LogP contribution in [0.3, 0.4) is 0 Å². The highest BCUT2D eigenvalue weighted by molar-refractivity contribution is 6.03. The summed E-state index contributed by atoms with van der Waals surface area (Å²) in [5.74, 6) is 0.594. The molecule has 0 radical (unpaired) electrons. The number of carbonyl (C=O) groups is 2. The number of amides is 2. The summed E-state index contributed by atoms with van der Waals surface area (Å²) in [6.45, 7) is 2.32. The molecule has 2 N–H and O–H groups in total. The van der Waals surface area contributed by atoms with Gasteiger partial charge in [-0.1, -0.05) is 0 Å². The molecule has 4 heterocycles. The zero-order chi connectivity index (χ0) is 18.5. The number of fused-ring (bicyclic) bond motifs is 3. The molecule has 9 heteroatoms. The molecular weight excluding hydrogens is 346 g/mol. The van der Waals surface area contributed by atoms with Crippen LogP contribution in [0.5, 0.6) is 0 Å². The lowest BCUT2D eigenvalue weighted by Crippen LogP contribution is -2.47. The fraction of sp³-hybridized carbons (Fsp3) is 0.389. The number of imidazole rings is 1. The van der Waals surface area contributed by atoms with Gasteiger partial charge in [0.1, 0.15) is 6.33 Å². The number of nitrogens with zero attached hydrogens (tertiary/aromatic N) is 5. The topological polar surface area (TPSA) is 109 Å². The largest absolute Gasteiger partial charge is 0.358 e. The molecule has 2 bridgehead atoms. The van der Waals surface area contributed by atoms with Crippen molar-refractivity contribution in [2.24, 2.45) is 5.92 Å². The molecule has 0 aromatic carbocycles. The van der Waals surface area contributed by atoms with Crippen molar-refractivity contribution < 1.29 is 9.59 Å². The van der Waals surface area contributed by atoms with E-state index in [2.05, 4.69) is 25.3 Å². The summed E-state index contributed by atoms with van der Waals surface area (Å²) < 4.78 is 1.67. The molecule has 3 unspecified atom stereocenters. The Bertz CT molecular complexity index is 1030. The minimum Gasteiger partial charge on any atom is -0.358 e. The molecule has 3 aromatic rings. The Labute approximate surface area is 154 Å². The number of hydrogen-bond acceptors (Lipinski definition) is 5. The Hall–Kier alpha value is -3.23. The first-order valence-electron chi connectivity index (χ1n) is 9.01. The van der Waals surface area contributed by atoms with Gasteiger partial charge in [-0.2, -0.15) is 0 Å². The third kappa shape index (κ3) is 2.57. The van der Waals surface area contributed by atoms with Crippen LogP contribution in [0.1, 0.15) is 30.3 Å². The number of H-pyrrole nitrogens is 1. The maximum Gasteiger partial charge on any atom is 0.272 e. The van der Waals surface area contributed by atoms with Gasteiger partial charge in [-0.3, -0.25) is 14.2 Å². The van der Waals surface area contributed by atoms with Crippen LogP contribution in [0.4, 0.5) is 0 Å². The Kier molecular flexibility index (Phi) is 3.49. The van der Waals surface area contributed by atoms with Crippen LogP contribution in [0.2, 0.25) is 0 Å². The van der Waals surface area contributed by atoms with Gasteiger partial charge in [0.2, 0.25) is 11.9 Å². The molecule has 1 saturated heterocycles. The van der Waals surface area contributed by atoms with Crippen LogP contribution in [0.25, 0.3) is 17.0 Å². The molecule has 138 valence electrons. The molecule has 3 aromatic heterocycles. The number of piperidine rings is 1. The van der Waals surface area contributed by atoms with Crippen molar-refractivity contribution in [2.75, 3.05) is 6.54 Å². The van der Waals surface area contributed by atoms with Crippen molar-refractivity contribution in [1.29, 1.82) is 0 Å². The van der Waals surface area contributed by atoms with Gasteiger partial charge >= 0.3 is 0 Å². The van der Waals surface area contributed by atoms with E-state index >= 15 is 0 Å². The number of rotatable bonds is 3. The molecular formula is C18H19N7O2. The van der Waals surface area contributed by atoms with Crippen LogP contribution in [-0.2, 0) is 4.79 Å². The molecule has 0 spiro atoms. The standard InChI is InChI=1S/C18H19N7O2/c1-10(26)25-8-11-6-12(25)7-14(11)21-17(27)16-15-13(2-3-20-15)22-18(23-16)24-5-4-19-9-24/h2-5,9,11-12,14,20H,6-8H2,1H3,(H,21,27). The van der Waals surface area contributed by atoms with Crippen molar-refractivity contribution in [3.63, 3.8) is 0 Å². The van der Waals surface area contributed by atoms with Crippen LogP contribution in [-0.4, -0.2) is 59.8 Å². The summed E-state index contributed by atoms with van der Waals surface area (Å²) in [5, 5.41) is 3.13. The van der Waals surface area contributed by atoms with Gasteiger partial charge in [-0.05, 0) is 24.8 Å². The van der Waals surface area contributed by atoms with Gasteiger partial charge in [-0.25, -0.2) is 15.0 Å². The molecule has 2 aliphatic rings. The van der Waals surface area contributed by atoms with E-state index in [0.717, 1.165) is 12.8 Å². The van der Waals surface area contributed by atoms with Crippen LogP contribution < -0.4 is 5.32 Å². The minimum atomic E-state index is -0.224. The Balaban J connectivity index is 1.42. The van der Waals surface area contributed by atoms with Gasteiger partial charge in [0.15, 0.2) is 5.69 Å². The van der Waals surface area contributed by atoms with E-state index in [-0.39, 0.29) is 23.9 Å². The molecule has 2 amide bonds. The predicted octanol–water partition coefficient (Wildman–Crippen LogP) is 0.883. The minimum absolute atomic E-state index is 0.0646. The lowest BCUT2D eigenvalue weighted by Gasteiger charge is -2.31. The van der Waals surface area contributed by atoms with E-state index in [9.17, 15) is 9.59 Å². The predicted molar refractivity (Wildman–Crippen MR) is 96.2 cm³/mol. The van der Waals surface area contributed by atoms with E-state index in [1.54, 1.807) is 36.4 Å². The summed E-state index contributed by atoms with van der Waals surface area (Å²) in [6.07, 6.45) is 8.47. The average Bonchev–Trinajstić information content (AvgIpc) is 3.43. The second kappa shape index (κ2) is 5.90. The van der Waals surface area contributed by atoms with Gasteiger partial charge in [-0.15, -0.1) is 0 Å². The maximum atomic E-state index is 13.0. The fourth-order valence-electron chi connectivity index (χ4n) is 4.34. The monoisotopic (exact) mass is 365 g/mol.